The number of hydrogen-bond donors (Lipinski definition) is 1. The molecule has 0 saturated heterocycles. The van der Waals surface area contributed by atoms with E-state index in [0.29, 0.717) is 5.57 Å². The quantitative estimate of drug-likeness (QED) is 0.713. The number of fused-ring (bicyclic) bond motifs is 1. The van der Waals surface area contributed by atoms with Gasteiger partial charge in [-0.3, -0.25) is 14.9 Å². The lowest BCUT2D eigenvalue weighted by molar-refractivity contribution is -0.123. The minimum absolute atomic E-state index is 0.0809. The van der Waals surface area contributed by atoms with Crippen LogP contribution in [0, 0.1) is 0 Å². The molecule has 3 rings (SSSR count). The maximum atomic E-state index is 11.5. The smallest absolute Gasteiger partial charge is 0.255 e. The van der Waals surface area contributed by atoms with Crippen LogP contribution in [-0.4, -0.2) is 11.8 Å². The predicted octanol–water partition coefficient (Wildman–Crippen LogP) is 1.38. The van der Waals surface area contributed by atoms with Gasteiger partial charge in [0.1, 0.15) is 0 Å². The van der Waals surface area contributed by atoms with Crippen LogP contribution >= 0.6 is 0 Å². The van der Waals surface area contributed by atoms with Crippen LogP contribution < -0.4 is 5.32 Å². The molecule has 1 atom stereocenters. The molecule has 0 spiro atoms. The molecule has 0 radical (unpaired) electrons. The van der Waals surface area contributed by atoms with E-state index < -0.39 is 0 Å². The first kappa shape index (κ1) is 9.09. The fraction of sp³-hybridized carbons (Fsp3) is 0.0769. The van der Waals surface area contributed by atoms with Crippen molar-refractivity contribution >= 4 is 17.9 Å². The molecule has 16 heavy (non-hydrogen) atoms. The third-order valence-corrected chi connectivity index (χ3v) is 2.92. The second kappa shape index (κ2) is 3.17. The molecule has 1 aliphatic heterocycles. The van der Waals surface area contributed by atoms with Crippen molar-refractivity contribution in [2.24, 2.45) is 0 Å². The number of carbonyl (C=O) groups is 2. The number of imide groups is 1. The van der Waals surface area contributed by atoms with E-state index >= 15 is 0 Å². The number of carbonyl (C=O) groups excluding carboxylic acids is 2. The van der Waals surface area contributed by atoms with Gasteiger partial charge in [-0.1, -0.05) is 36.4 Å². The third kappa shape index (κ3) is 1.21. The number of benzene rings is 1. The SMILES string of the molecule is O=C1C=C(C2C=Cc3ccccc32)C(=O)N1. The molecule has 3 nitrogen and oxygen atoms in total. The van der Waals surface area contributed by atoms with Crippen LogP contribution in [0.1, 0.15) is 17.0 Å². The van der Waals surface area contributed by atoms with Gasteiger partial charge in [0.25, 0.3) is 11.8 Å². The Labute approximate surface area is 92.5 Å². The largest absolute Gasteiger partial charge is 0.289 e. The van der Waals surface area contributed by atoms with Gasteiger partial charge in [0, 0.05) is 17.6 Å². The van der Waals surface area contributed by atoms with Crippen LogP contribution in [0.25, 0.3) is 6.08 Å². The van der Waals surface area contributed by atoms with E-state index in [4.69, 9.17) is 0 Å². The van der Waals surface area contributed by atoms with Gasteiger partial charge in [-0.15, -0.1) is 0 Å². The number of allylic oxidation sites excluding steroid dienone is 1. The zero-order valence-corrected chi connectivity index (χ0v) is 8.44. The minimum Gasteiger partial charge on any atom is -0.289 e. The Morgan fingerprint density at radius 3 is 2.69 bits per heavy atom. The second-order valence-corrected chi connectivity index (χ2v) is 3.88. The summed E-state index contributed by atoms with van der Waals surface area (Å²) in [6.07, 6.45) is 5.32. The van der Waals surface area contributed by atoms with Crippen LogP contribution in [-0.2, 0) is 9.59 Å². The van der Waals surface area contributed by atoms with Gasteiger partial charge in [-0.25, -0.2) is 0 Å². The highest BCUT2D eigenvalue weighted by atomic mass is 16.2. The molecule has 1 heterocycles. The first-order chi connectivity index (χ1) is 7.75. The molecule has 1 aromatic carbocycles. The van der Waals surface area contributed by atoms with Crippen LogP contribution in [0.3, 0.4) is 0 Å². The average Bonchev–Trinajstić information content (AvgIpc) is 2.81. The Hall–Kier alpha value is -2.16. The first-order valence-corrected chi connectivity index (χ1v) is 5.10. The van der Waals surface area contributed by atoms with Gasteiger partial charge in [0.2, 0.25) is 0 Å². The number of nitrogens with one attached hydrogen (secondary N) is 1. The summed E-state index contributed by atoms with van der Waals surface area (Å²) in [6.45, 7) is 0. The van der Waals surface area contributed by atoms with Gasteiger partial charge < -0.3 is 0 Å². The van der Waals surface area contributed by atoms with Crippen molar-refractivity contribution in [3.8, 4) is 0 Å². The number of hydrogen-bond acceptors (Lipinski definition) is 2. The topological polar surface area (TPSA) is 46.2 Å². The van der Waals surface area contributed by atoms with Crippen molar-refractivity contribution < 1.29 is 9.59 Å². The van der Waals surface area contributed by atoms with E-state index in [0.717, 1.165) is 11.1 Å². The highest BCUT2D eigenvalue weighted by Crippen LogP contribution is 2.36. The third-order valence-electron chi connectivity index (χ3n) is 2.92. The van der Waals surface area contributed by atoms with Gasteiger partial charge in [0.05, 0.1) is 0 Å². The predicted molar refractivity (Wildman–Crippen MR) is 59.4 cm³/mol. The molecule has 0 saturated carbocycles. The normalized spacial score (nSPS) is 22.0. The summed E-state index contributed by atoms with van der Waals surface area (Å²) in [5.74, 6) is -0.684. The Kier molecular flexibility index (Phi) is 1.80. The van der Waals surface area contributed by atoms with E-state index in [9.17, 15) is 9.59 Å². The van der Waals surface area contributed by atoms with E-state index in [2.05, 4.69) is 5.32 Å². The Morgan fingerprint density at radius 2 is 1.94 bits per heavy atom. The maximum absolute atomic E-state index is 11.5. The van der Waals surface area contributed by atoms with Gasteiger partial charge in [-0.05, 0) is 11.1 Å². The Balaban J connectivity index is 2.06. The van der Waals surface area contributed by atoms with Crippen LogP contribution in [0.5, 0.6) is 0 Å². The maximum Gasteiger partial charge on any atom is 0.255 e. The fourth-order valence-electron chi connectivity index (χ4n) is 2.18. The fourth-order valence-corrected chi connectivity index (χ4v) is 2.18. The van der Waals surface area contributed by atoms with Crippen molar-refractivity contribution in [1.82, 2.24) is 5.32 Å². The average molecular weight is 211 g/mol. The van der Waals surface area contributed by atoms with Crippen molar-refractivity contribution in [3.63, 3.8) is 0 Å². The van der Waals surface area contributed by atoms with E-state index in [1.807, 2.05) is 36.4 Å². The van der Waals surface area contributed by atoms with E-state index in [-0.39, 0.29) is 17.7 Å². The lowest BCUT2D eigenvalue weighted by Gasteiger charge is -2.09. The summed E-state index contributed by atoms with van der Waals surface area (Å²) in [7, 11) is 0. The highest BCUT2D eigenvalue weighted by molar-refractivity contribution is 6.17. The second-order valence-electron chi connectivity index (χ2n) is 3.88. The molecule has 78 valence electrons. The zero-order chi connectivity index (χ0) is 11.1. The molecule has 1 aromatic rings. The van der Waals surface area contributed by atoms with Crippen LogP contribution in [0.4, 0.5) is 0 Å². The standard InChI is InChI=1S/C13H9NO2/c15-12-7-11(13(16)14-12)10-6-5-8-3-1-2-4-9(8)10/h1-7,10H,(H,14,15,16). The molecule has 2 aliphatic rings. The van der Waals surface area contributed by atoms with Gasteiger partial charge in [-0.2, -0.15) is 0 Å². The van der Waals surface area contributed by atoms with Crippen LogP contribution in [0.2, 0.25) is 0 Å². The molecule has 0 bridgehead atoms. The summed E-state index contributed by atoms with van der Waals surface area (Å²) in [5.41, 5.74) is 2.73. The molecular formula is C13H9NO2. The Bertz CT molecular complexity index is 555. The summed E-state index contributed by atoms with van der Waals surface area (Å²) >= 11 is 0. The summed E-state index contributed by atoms with van der Waals surface area (Å²) in [6, 6.07) is 7.88. The van der Waals surface area contributed by atoms with Crippen molar-refractivity contribution in [3.05, 3.63) is 53.1 Å². The summed E-state index contributed by atoms with van der Waals surface area (Å²) < 4.78 is 0. The highest BCUT2D eigenvalue weighted by Gasteiger charge is 2.30. The lowest BCUT2D eigenvalue weighted by Crippen LogP contribution is -2.23. The van der Waals surface area contributed by atoms with Crippen molar-refractivity contribution in [2.75, 3.05) is 0 Å². The Morgan fingerprint density at radius 1 is 1.12 bits per heavy atom. The molecule has 0 aromatic heterocycles. The number of amides is 2. The number of rotatable bonds is 1. The molecular weight excluding hydrogens is 202 g/mol. The van der Waals surface area contributed by atoms with Crippen molar-refractivity contribution in [2.45, 2.75) is 5.92 Å². The molecule has 2 amide bonds. The monoisotopic (exact) mass is 211 g/mol. The summed E-state index contributed by atoms with van der Waals surface area (Å²) in [5, 5.41) is 2.27. The first-order valence-electron chi connectivity index (χ1n) is 5.10. The van der Waals surface area contributed by atoms with Crippen LogP contribution in [0.15, 0.2) is 42.0 Å². The molecule has 1 aliphatic carbocycles. The molecule has 0 fully saturated rings. The minimum atomic E-state index is -0.321. The molecule has 3 heteroatoms. The zero-order valence-electron chi connectivity index (χ0n) is 8.44. The molecule has 1 unspecified atom stereocenters. The lowest BCUT2D eigenvalue weighted by atomic mass is 9.93. The van der Waals surface area contributed by atoms with Gasteiger partial charge >= 0.3 is 0 Å². The molecule has 1 N–H and O–H groups in total. The van der Waals surface area contributed by atoms with E-state index in [1.165, 1.54) is 6.08 Å². The van der Waals surface area contributed by atoms with Crippen molar-refractivity contribution in [1.29, 1.82) is 0 Å². The summed E-state index contributed by atoms with van der Waals surface area (Å²) in [4.78, 5) is 22.6. The van der Waals surface area contributed by atoms with E-state index in [1.54, 1.807) is 0 Å². The van der Waals surface area contributed by atoms with Gasteiger partial charge in [0.15, 0.2) is 0 Å².